The minimum Gasteiger partial charge on any atom is -0.355 e. The highest BCUT2D eigenvalue weighted by atomic mass is 32.2. The lowest BCUT2D eigenvalue weighted by atomic mass is 10.1. The second kappa shape index (κ2) is 5.33. The van der Waals surface area contributed by atoms with E-state index >= 15 is 0 Å². The maximum atomic E-state index is 12.0. The summed E-state index contributed by atoms with van der Waals surface area (Å²) in [6, 6.07) is 4.72. The summed E-state index contributed by atoms with van der Waals surface area (Å²) >= 11 is 0. The third kappa shape index (κ3) is 2.80. The van der Waals surface area contributed by atoms with Crippen LogP contribution < -0.4 is 10.0 Å². The number of amides is 1. The molecule has 8 heteroatoms. The van der Waals surface area contributed by atoms with Crippen molar-refractivity contribution in [2.24, 2.45) is 0 Å². The molecule has 0 atom stereocenters. The quantitative estimate of drug-likeness (QED) is 0.778. The molecule has 20 heavy (non-hydrogen) atoms. The van der Waals surface area contributed by atoms with Crippen LogP contribution in [0.5, 0.6) is 0 Å². The van der Waals surface area contributed by atoms with Gasteiger partial charge in [0.2, 0.25) is 0 Å². The minimum absolute atomic E-state index is 0.0210. The lowest BCUT2D eigenvalue weighted by Gasteiger charge is -2.10. The molecule has 0 aliphatic heterocycles. The largest absolute Gasteiger partial charge is 0.355 e. The van der Waals surface area contributed by atoms with Crippen LogP contribution in [0.2, 0.25) is 0 Å². The Hall–Kier alpha value is -2.35. The fourth-order valence-corrected chi connectivity index (χ4v) is 2.69. The molecular formula is C12H14N4O3S. The molecule has 1 amide bonds. The fourth-order valence-electron chi connectivity index (χ4n) is 1.65. The van der Waals surface area contributed by atoms with Gasteiger partial charge in [0.15, 0.2) is 5.03 Å². The Morgan fingerprint density at radius 3 is 2.65 bits per heavy atom. The first kappa shape index (κ1) is 14.1. The normalized spacial score (nSPS) is 11.1. The highest BCUT2D eigenvalue weighted by Gasteiger charge is 2.17. The van der Waals surface area contributed by atoms with Crippen molar-refractivity contribution in [1.82, 2.24) is 15.3 Å². The van der Waals surface area contributed by atoms with E-state index in [1.54, 1.807) is 25.1 Å². The lowest BCUT2D eigenvalue weighted by molar-refractivity contribution is 0.0963. The van der Waals surface area contributed by atoms with Crippen LogP contribution in [0.3, 0.4) is 0 Å². The number of aromatic nitrogens is 2. The summed E-state index contributed by atoms with van der Waals surface area (Å²) < 4.78 is 26.5. The Balaban J connectivity index is 2.29. The zero-order valence-electron chi connectivity index (χ0n) is 11.0. The van der Waals surface area contributed by atoms with Crippen molar-refractivity contribution in [1.29, 1.82) is 0 Å². The molecule has 0 fully saturated rings. The zero-order valence-corrected chi connectivity index (χ0v) is 11.8. The molecule has 1 heterocycles. The van der Waals surface area contributed by atoms with Crippen molar-refractivity contribution in [2.75, 3.05) is 11.8 Å². The van der Waals surface area contributed by atoms with Gasteiger partial charge in [0.1, 0.15) is 0 Å². The Morgan fingerprint density at radius 2 is 2.10 bits per heavy atom. The third-order valence-corrected chi connectivity index (χ3v) is 4.01. The number of carbonyl (C=O) groups is 1. The van der Waals surface area contributed by atoms with E-state index in [1.807, 2.05) is 0 Å². The number of aromatic amines is 1. The van der Waals surface area contributed by atoms with E-state index in [-0.39, 0.29) is 10.9 Å². The summed E-state index contributed by atoms with van der Waals surface area (Å²) in [5.74, 6) is -0.226. The van der Waals surface area contributed by atoms with Crippen LogP contribution in [0.25, 0.3) is 0 Å². The van der Waals surface area contributed by atoms with Crippen LogP contribution in [-0.4, -0.2) is 31.3 Å². The number of rotatable bonds is 4. The van der Waals surface area contributed by atoms with Crippen LogP contribution in [0, 0.1) is 6.92 Å². The molecule has 7 nitrogen and oxygen atoms in total. The van der Waals surface area contributed by atoms with Gasteiger partial charge in [-0.15, -0.1) is 0 Å². The summed E-state index contributed by atoms with van der Waals surface area (Å²) in [6.07, 6.45) is 2.51. The first-order valence-corrected chi connectivity index (χ1v) is 7.26. The lowest BCUT2D eigenvalue weighted by Crippen LogP contribution is -2.18. The van der Waals surface area contributed by atoms with E-state index in [0.29, 0.717) is 16.8 Å². The molecule has 2 aromatic rings. The van der Waals surface area contributed by atoms with Gasteiger partial charge in [-0.25, -0.2) is 4.98 Å². The maximum absolute atomic E-state index is 12.0. The number of imidazole rings is 1. The van der Waals surface area contributed by atoms with Gasteiger partial charge in [0, 0.05) is 12.6 Å². The number of sulfonamides is 1. The SMILES string of the molecule is CNC(=O)c1ccc(NS(=O)(=O)c2cnc[nH]2)c(C)c1. The second-order valence-corrected chi connectivity index (χ2v) is 5.78. The van der Waals surface area contributed by atoms with Crippen LogP contribution in [0.4, 0.5) is 5.69 Å². The highest BCUT2D eigenvalue weighted by molar-refractivity contribution is 7.92. The van der Waals surface area contributed by atoms with Crippen molar-refractivity contribution >= 4 is 21.6 Å². The number of carbonyl (C=O) groups excluding carboxylic acids is 1. The molecule has 0 aliphatic rings. The first-order chi connectivity index (χ1) is 9.44. The number of hydrogen-bond donors (Lipinski definition) is 3. The summed E-state index contributed by atoms with van der Waals surface area (Å²) in [5.41, 5.74) is 1.52. The number of benzene rings is 1. The van der Waals surface area contributed by atoms with E-state index in [0.717, 1.165) is 0 Å². The molecule has 106 valence electrons. The number of nitrogens with one attached hydrogen (secondary N) is 3. The van der Waals surface area contributed by atoms with Gasteiger partial charge in [-0.1, -0.05) is 0 Å². The Labute approximate surface area is 116 Å². The summed E-state index contributed by atoms with van der Waals surface area (Å²) in [7, 11) is -2.17. The van der Waals surface area contributed by atoms with Gasteiger partial charge < -0.3 is 10.3 Å². The van der Waals surface area contributed by atoms with Gasteiger partial charge in [-0.3, -0.25) is 9.52 Å². The smallest absolute Gasteiger partial charge is 0.278 e. The van der Waals surface area contributed by atoms with E-state index in [2.05, 4.69) is 20.0 Å². The number of H-pyrrole nitrogens is 1. The van der Waals surface area contributed by atoms with Gasteiger partial charge in [0.05, 0.1) is 18.2 Å². The molecule has 1 aromatic heterocycles. The van der Waals surface area contributed by atoms with Crippen LogP contribution >= 0.6 is 0 Å². The van der Waals surface area contributed by atoms with Gasteiger partial charge >= 0.3 is 0 Å². The summed E-state index contributed by atoms with van der Waals surface area (Å²) in [5, 5.41) is 2.49. The number of anilines is 1. The van der Waals surface area contributed by atoms with Crippen molar-refractivity contribution < 1.29 is 13.2 Å². The standard InChI is InChI=1S/C12H14N4O3S/c1-8-5-9(12(17)13-2)3-4-10(8)16-20(18,19)11-6-14-7-15-11/h3-7,16H,1-2H3,(H,13,17)(H,14,15). The van der Waals surface area contributed by atoms with E-state index < -0.39 is 10.0 Å². The maximum Gasteiger partial charge on any atom is 0.278 e. The molecule has 3 N–H and O–H groups in total. The highest BCUT2D eigenvalue weighted by Crippen LogP contribution is 2.20. The van der Waals surface area contributed by atoms with Gasteiger partial charge in [-0.05, 0) is 30.7 Å². The monoisotopic (exact) mass is 294 g/mol. The molecule has 0 saturated carbocycles. The second-order valence-electron chi connectivity index (χ2n) is 4.13. The zero-order chi connectivity index (χ0) is 14.8. The molecule has 0 unspecified atom stereocenters. The van der Waals surface area contributed by atoms with Gasteiger partial charge in [0.25, 0.3) is 15.9 Å². The molecule has 0 spiro atoms. The van der Waals surface area contributed by atoms with E-state index in [1.165, 1.54) is 19.6 Å². The predicted octanol–water partition coefficient (Wildman–Crippen LogP) is 0.879. The fraction of sp³-hybridized carbons (Fsp3) is 0.167. The predicted molar refractivity (Wildman–Crippen MR) is 74.0 cm³/mol. The van der Waals surface area contributed by atoms with Crippen molar-refractivity contribution in [2.45, 2.75) is 11.9 Å². The third-order valence-electron chi connectivity index (χ3n) is 2.72. The van der Waals surface area contributed by atoms with E-state index in [4.69, 9.17) is 0 Å². The molecule has 0 radical (unpaired) electrons. The molecule has 1 aromatic carbocycles. The summed E-state index contributed by atoms with van der Waals surface area (Å²) in [6.45, 7) is 1.72. The van der Waals surface area contributed by atoms with Crippen molar-refractivity contribution in [3.05, 3.63) is 41.9 Å². The van der Waals surface area contributed by atoms with Gasteiger partial charge in [-0.2, -0.15) is 8.42 Å². The molecule has 0 bridgehead atoms. The molecule has 0 aliphatic carbocycles. The molecule has 2 rings (SSSR count). The van der Waals surface area contributed by atoms with Crippen molar-refractivity contribution in [3.8, 4) is 0 Å². The Bertz CT molecular complexity index is 723. The number of hydrogen-bond acceptors (Lipinski definition) is 4. The van der Waals surface area contributed by atoms with Crippen LogP contribution in [0.1, 0.15) is 15.9 Å². The molecule has 0 saturated heterocycles. The number of aryl methyl sites for hydroxylation is 1. The van der Waals surface area contributed by atoms with Crippen LogP contribution in [0.15, 0.2) is 35.7 Å². The molecular weight excluding hydrogens is 280 g/mol. The number of nitrogens with zero attached hydrogens (tertiary/aromatic N) is 1. The van der Waals surface area contributed by atoms with E-state index in [9.17, 15) is 13.2 Å². The Kier molecular flexibility index (Phi) is 3.75. The average molecular weight is 294 g/mol. The average Bonchev–Trinajstić information content (AvgIpc) is 2.95. The van der Waals surface area contributed by atoms with Crippen LogP contribution in [-0.2, 0) is 10.0 Å². The van der Waals surface area contributed by atoms with Crippen molar-refractivity contribution in [3.63, 3.8) is 0 Å². The first-order valence-electron chi connectivity index (χ1n) is 5.78. The topological polar surface area (TPSA) is 104 Å². The minimum atomic E-state index is -3.70. The summed E-state index contributed by atoms with van der Waals surface area (Å²) in [4.78, 5) is 17.7. The Morgan fingerprint density at radius 1 is 1.35 bits per heavy atom.